The van der Waals surface area contributed by atoms with E-state index in [0.29, 0.717) is 24.3 Å². The lowest BCUT2D eigenvalue weighted by Crippen LogP contribution is -2.36. The summed E-state index contributed by atoms with van der Waals surface area (Å²) in [5, 5.41) is 0. The minimum atomic E-state index is -4.36. The molecule has 3 aromatic rings. The molecule has 4 rings (SSSR count). The molecule has 7 heteroatoms. The van der Waals surface area contributed by atoms with Gasteiger partial charge in [0, 0.05) is 37.7 Å². The van der Waals surface area contributed by atoms with E-state index in [0.717, 1.165) is 36.3 Å². The molecule has 2 aromatic heterocycles. The number of carbonyl (C=O) groups is 1. The summed E-state index contributed by atoms with van der Waals surface area (Å²) in [6.07, 6.45) is -0.784. The average molecular weight is 387 g/mol. The van der Waals surface area contributed by atoms with Crippen molar-refractivity contribution >= 4 is 11.4 Å². The van der Waals surface area contributed by atoms with E-state index in [-0.39, 0.29) is 11.8 Å². The highest BCUT2D eigenvalue weighted by Gasteiger charge is 2.30. The van der Waals surface area contributed by atoms with Crippen LogP contribution in [0.5, 0.6) is 0 Å². The highest BCUT2D eigenvalue weighted by molar-refractivity contribution is 5.78. The SMILES string of the molecule is CC(=O)N1CCC(c2nc(-c3ccc(C(F)(F)F)cc3)c3ccccn23)CC1. The van der Waals surface area contributed by atoms with E-state index in [9.17, 15) is 18.0 Å². The van der Waals surface area contributed by atoms with E-state index in [1.807, 2.05) is 33.7 Å². The van der Waals surface area contributed by atoms with Gasteiger partial charge in [0.05, 0.1) is 16.8 Å². The lowest BCUT2D eigenvalue weighted by atomic mass is 9.96. The Balaban J connectivity index is 1.70. The van der Waals surface area contributed by atoms with Gasteiger partial charge in [-0.15, -0.1) is 0 Å². The molecule has 0 spiro atoms. The Morgan fingerprint density at radius 3 is 2.36 bits per heavy atom. The molecule has 1 saturated heterocycles. The van der Waals surface area contributed by atoms with Gasteiger partial charge in [0.25, 0.3) is 0 Å². The number of aromatic nitrogens is 2. The third kappa shape index (κ3) is 3.37. The van der Waals surface area contributed by atoms with Crippen LogP contribution in [-0.2, 0) is 11.0 Å². The van der Waals surface area contributed by atoms with Crippen molar-refractivity contribution in [2.24, 2.45) is 0 Å². The predicted octanol–water partition coefficient (Wildman–Crippen LogP) is 4.75. The Labute approximate surface area is 160 Å². The molecule has 0 atom stereocenters. The van der Waals surface area contributed by atoms with Crippen LogP contribution in [0.4, 0.5) is 13.2 Å². The zero-order chi connectivity index (χ0) is 19.9. The molecule has 0 unspecified atom stereocenters. The van der Waals surface area contributed by atoms with Gasteiger partial charge in [0.15, 0.2) is 0 Å². The lowest BCUT2D eigenvalue weighted by molar-refractivity contribution is -0.137. The lowest BCUT2D eigenvalue weighted by Gasteiger charge is -2.30. The van der Waals surface area contributed by atoms with E-state index in [4.69, 9.17) is 4.98 Å². The van der Waals surface area contributed by atoms with Crippen LogP contribution in [0.25, 0.3) is 16.8 Å². The summed E-state index contributed by atoms with van der Waals surface area (Å²) in [4.78, 5) is 18.2. The summed E-state index contributed by atoms with van der Waals surface area (Å²) in [6.45, 7) is 2.96. The van der Waals surface area contributed by atoms with Crippen molar-refractivity contribution in [2.45, 2.75) is 31.9 Å². The van der Waals surface area contributed by atoms with Gasteiger partial charge in [0.1, 0.15) is 5.82 Å². The van der Waals surface area contributed by atoms with Gasteiger partial charge < -0.3 is 9.30 Å². The first-order chi connectivity index (χ1) is 13.3. The molecule has 1 fully saturated rings. The standard InChI is InChI=1S/C21H20F3N3O/c1-14(28)26-12-9-16(10-13-26)20-25-19(18-4-2-3-11-27(18)20)15-5-7-17(8-6-15)21(22,23)24/h2-8,11,16H,9-10,12-13H2,1H3. The number of carbonyl (C=O) groups excluding carboxylic acids is 1. The Hall–Kier alpha value is -2.83. The third-order valence-electron chi connectivity index (χ3n) is 5.37. The molecule has 1 amide bonds. The first kappa shape index (κ1) is 18.5. The van der Waals surface area contributed by atoms with Crippen LogP contribution >= 0.6 is 0 Å². The number of fused-ring (bicyclic) bond motifs is 1. The summed E-state index contributed by atoms with van der Waals surface area (Å²) in [5.74, 6) is 1.18. The van der Waals surface area contributed by atoms with Crippen molar-refractivity contribution in [1.82, 2.24) is 14.3 Å². The molecule has 146 valence electrons. The molecule has 0 aliphatic carbocycles. The summed E-state index contributed by atoms with van der Waals surface area (Å²) >= 11 is 0. The van der Waals surface area contributed by atoms with Gasteiger partial charge in [0.2, 0.25) is 5.91 Å². The first-order valence-electron chi connectivity index (χ1n) is 9.24. The molecular formula is C21H20F3N3O. The van der Waals surface area contributed by atoms with Crippen molar-refractivity contribution < 1.29 is 18.0 Å². The van der Waals surface area contributed by atoms with Crippen molar-refractivity contribution in [3.8, 4) is 11.3 Å². The quantitative estimate of drug-likeness (QED) is 0.637. The van der Waals surface area contributed by atoms with Crippen LogP contribution in [0.3, 0.4) is 0 Å². The van der Waals surface area contributed by atoms with Crippen LogP contribution in [0.2, 0.25) is 0 Å². The molecule has 1 aliphatic rings. The fraction of sp³-hybridized carbons (Fsp3) is 0.333. The van der Waals surface area contributed by atoms with Gasteiger partial charge >= 0.3 is 6.18 Å². The Morgan fingerprint density at radius 2 is 1.75 bits per heavy atom. The maximum atomic E-state index is 12.9. The second kappa shape index (κ2) is 6.96. The maximum Gasteiger partial charge on any atom is 0.416 e. The first-order valence-corrected chi connectivity index (χ1v) is 9.24. The van der Waals surface area contributed by atoms with Gasteiger partial charge in [-0.25, -0.2) is 4.98 Å². The molecule has 0 N–H and O–H groups in total. The number of pyridine rings is 1. The molecule has 3 heterocycles. The number of likely N-dealkylation sites (tertiary alicyclic amines) is 1. The number of amides is 1. The summed E-state index contributed by atoms with van der Waals surface area (Å²) in [5.41, 5.74) is 1.53. The van der Waals surface area contributed by atoms with Crippen molar-refractivity contribution in [2.75, 3.05) is 13.1 Å². The number of hydrogen-bond acceptors (Lipinski definition) is 2. The van der Waals surface area contributed by atoms with E-state index in [1.165, 1.54) is 12.1 Å². The molecule has 0 radical (unpaired) electrons. The minimum Gasteiger partial charge on any atom is -0.343 e. The second-order valence-electron chi connectivity index (χ2n) is 7.13. The third-order valence-corrected chi connectivity index (χ3v) is 5.37. The fourth-order valence-electron chi connectivity index (χ4n) is 3.83. The monoisotopic (exact) mass is 387 g/mol. The number of piperidine rings is 1. The Bertz CT molecular complexity index is 1000. The highest BCUT2D eigenvalue weighted by Crippen LogP contribution is 2.34. The van der Waals surface area contributed by atoms with Gasteiger partial charge in [-0.2, -0.15) is 13.2 Å². The zero-order valence-electron chi connectivity index (χ0n) is 15.4. The van der Waals surface area contributed by atoms with E-state index < -0.39 is 11.7 Å². The van der Waals surface area contributed by atoms with Crippen LogP contribution < -0.4 is 0 Å². The molecule has 1 aliphatic heterocycles. The molecule has 0 saturated carbocycles. The van der Waals surface area contributed by atoms with Crippen LogP contribution in [0.15, 0.2) is 48.7 Å². The largest absolute Gasteiger partial charge is 0.416 e. The summed E-state index contributed by atoms with van der Waals surface area (Å²) in [7, 11) is 0. The summed E-state index contributed by atoms with van der Waals surface area (Å²) in [6, 6.07) is 10.9. The normalized spacial score (nSPS) is 15.9. The second-order valence-corrected chi connectivity index (χ2v) is 7.13. The van der Waals surface area contributed by atoms with E-state index >= 15 is 0 Å². The van der Waals surface area contributed by atoms with Crippen LogP contribution in [-0.4, -0.2) is 33.3 Å². The number of alkyl halides is 3. The molecule has 4 nitrogen and oxygen atoms in total. The fourth-order valence-corrected chi connectivity index (χ4v) is 3.83. The number of halogens is 3. The topological polar surface area (TPSA) is 37.6 Å². The number of imidazole rings is 1. The number of nitrogens with zero attached hydrogens (tertiary/aromatic N) is 3. The Morgan fingerprint density at radius 1 is 1.07 bits per heavy atom. The van der Waals surface area contributed by atoms with Crippen LogP contribution in [0.1, 0.15) is 37.1 Å². The highest BCUT2D eigenvalue weighted by atomic mass is 19.4. The van der Waals surface area contributed by atoms with Gasteiger partial charge in [-0.3, -0.25) is 4.79 Å². The number of hydrogen-bond donors (Lipinski definition) is 0. The number of rotatable bonds is 2. The van der Waals surface area contributed by atoms with Crippen molar-refractivity contribution in [1.29, 1.82) is 0 Å². The minimum absolute atomic E-state index is 0.0804. The zero-order valence-corrected chi connectivity index (χ0v) is 15.4. The van der Waals surface area contributed by atoms with Gasteiger partial charge in [-0.05, 0) is 37.1 Å². The van der Waals surface area contributed by atoms with Gasteiger partial charge in [-0.1, -0.05) is 18.2 Å². The summed E-state index contributed by atoms with van der Waals surface area (Å²) < 4.78 is 40.6. The molecule has 0 bridgehead atoms. The smallest absolute Gasteiger partial charge is 0.343 e. The molecule has 1 aromatic carbocycles. The molecular weight excluding hydrogens is 367 g/mol. The van der Waals surface area contributed by atoms with E-state index in [1.54, 1.807) is 6.92 Å². The van der Waals surface area contributed by atoms with Crippen molar-refractivity contribution in [3.05, 3.63) is 60.0 Å². The average Bonchev–Trinajstić information content (AvgIpc) is 3.07. The molecule has 28 heavy (non-hydrogen) atoms. The van der Waals surface area contributed by atoms with Crippen molar-refractivity contribution in [3.63, 3.8) is 0 Å². The number of benzene rings is 1. The maximum absolute atomic E-state index is 12.9. The van der Waals surface area contributed by atoms with Crippen LogP contribution in [0, 0.1) is 0 Å². The Kier molecular flexibility index (Phi) is 4.61. The van der Waals surface area contributed by atoms with E-state index in [2.05, 4.69) is 0 Å². The predicted molar refractivity (Wildman–Crippen MR) is 99.9 cm³/mol.